The van der Waals surface area contributed by atoms with E-state index >= 15 is 0 Å². The number of unbranched alkanes of at least 4 members (excludes halogenated alkanes) is 1. The van der Waals surface area contributed by atoms with Crippen molar-refractivity contribution in [3.63, 3.8) is 0 Å². The summed E-state index contributed by atoms with van der Waals surface area (Å²) in [6.07, 6.45) is 1.54. The summed E-state index contributed by atoms with van der Waals surface area (Å²) in [5.74, 6) is -0.440. The van der Waals surface area contributed by atoms with E-state index in [1.54, 1.807) is 6.07 Å². The molecule has 1 aromatic rings. The van der Waals surface area contributed by atoms with Crippen molar-refractivity contribution >= 4 is 5.97 Å². The zero-order chi connectivity index (χ0) is 12.0. The molecule has 0 heterocycles. The summed E-state index contributed by atoms with van der Waals surface area (Å²) >= 11 is 0. The van der Waals surface area contributed by atoms with Crippen LogP contribution in [-0.4, -0.2) is 12.6 Å². The van der Waals surface area contributed by atoms with Gasteiger partial charge in [-0.15, -0.1) is 0 Å². The van der Waals surface area contributed by atoms with Crippen LogP contribution in [0.25, 0.3) is 0 Å². The first kappa shape index (κ1) is 12.7. The fraction of sp³-hybridized carbons (Fsp3) is 0.385. The molecule has 0 saturated carbocycles. The molecule has 0 aromatic heterocycles. The first-order valence-corrected chi connectivity index (χ1v) is 5.35. The normalized spacial score (nSPS) is 10.2. The van der Waals surface area contributed by atoms with E-state index in [1.807, 2.05) is 26.0 Å². The van der Waals surface area contributed by atoms with E-state index in [4.69, 9.17) is 9.78 Å². The molecule has 0 saturated heterocycles. The molecule has 3 heteroatoms. The molecule has 1 aromatic carbocycles. The molecule has 0 amide bonds. The molecule has 87 valence electrons. The van der Waals surface area contributed by atoms with Crippen molar-refractivity contribution < 1.29 is 14.6 Å². The molecule has 0 aliphatic carbocycles. The van der Waals surface area contributed by atoms with Gasteiger partial charge in [-0.2, -0.15) is 4.89 Å². The number of carbonyl (C=O) groups is 1. The van der Waals surface area contributed by atoms with Crippen LogP contribution in [0, 0.1) is 20.8 Å². The van der Waals surface area contributed by atoms with Gasteiger partial charge in [-0.25, -0.2) is 4.79 Å². The highest BCUT2D eigenvalue weighted by Crippen LogP contribution is 2.12. The summed E-state index contributed by atoms with van der Waals surface area (Å²) in [7, 11) is 0. The van der Waals surface area contributed by atoms with Crippen molar-refractivity contribution in [3.8, 4) is 0 Å². The fourth-order valence-electron chi connectivity index (χ4n) is 1.26. The summed E-state index contributed by atoms with van der Waals surface area (Å²) < 4.78 is 0. The third-order valence-electron chi connectivity index (χ3n) is 2.23. The highest BCUT2D eigenvalue weighted by Gasteiger charge is 2.11. The van der Waals surface area contributed by atoms with E-state index in [-0.39, 0.29) is 0 Å². The minimum Gasteiger partial charge on any atom is -0.293 e. The topological polar surface area (TPSA) is 35.5 Å². The molecule has 3 nitrogen and oxygen atoms in total. The van der Waals surface area contributed by atoms with Gasteiger partial charge < -0.3 is 0 Å². The van der Waals surface area contributed by atoms with E-state index in [0.29, 0.717) is 12.2 Å². The molecule has 0 unspecified atom stereocenters. The highest BCUT2D eigenvalue weighted by atomic mass is 17.2. The van der Waals surface area contributed by atoms with Crippen LogP contribution in [0.4, 0.5) is 0 Å². The first-order valence-electron chi connectivity index (χ1n) is 5.35. The van der Waals surface area contributed by atoms with Crippen LogP contribution >= 0.6 is 0 Å². The maximum Gasteiger partial charge on any atom is 0.373 e. The van der Waals surface area contributed by atoms with E-state index < -0.39 is 5.97 Å². The third-order valence-corrected chi connectivity index (χ3v) is 2.23. The molecule has 0 bridgehead atoms. The lowest BCUT2D eigenvalue weighted by molar-refractivity contribution is -0.241. The van der Waals surface area contributed by atoms with Gasteiger partial charge in [0.1, 0.15) is 0 Å². The molecule has 0 aliphatic rings. The van der Waals surface area contributed by atoms with Crippen LogP contribution in [0.15, 0.2) is 18.2 Å². The Hall–Kier alpha value is -1.35. The van der Waals surface area contributed by atoms with E-state index in [0.717, 1.165) is 24.0 Å². The summed E-state index contributed by atoms with van der Waals surface area (Å²) in [6, 6.07) is 5.64. The lowest BCUT2D eigenvalue weighted by Gasteiger charge is -2.06. The van der Waals surface area contributed by atoms with Gasteiger partial charge in [0.2, 0.25) is 0 Å². The lowest BCUT2D eigenvalue weighted by Crippen LogP contribution is -2.08. The van der Waals surface area contributed by atoms with Crippen molar-refractivity contribution in [2.24, 2.45) is 0 Å². The van der Waals surface area contributed by atoms with Crippen molar-refractivity contribution in [2.75, 3.05) is 6.61 Å². The number of aryl methyl sites for hydroxylation is 2. The molecule has 0 N–H and O–H groups in total. The Labute approximate surface area is 96.3 Å². The Morgan fingerprint density at radius 3 is 2.81 bits per heavy atom. The minimum atomic E-state index is -0.440. The van der Waals surface area contributed by atoms with Crippen LogP contribution in [0.1, 0.15) is 34.3 Å². The Morgan fingerprint density at radius 2 is 2.12 bits per heavy atom. The Bertz CT molecular complexity index is 358. The Kier molecular flexibility index (Phi) is 4.99. The van der Waals surface area contributed by atoms with Gasteiger partial charge in [-0.05, 0) is 31.9 Å². The predicted molar refractivity (Wildman–Crippen MR) is 61.9 cm³/mol. The third kappa shape index (κ3) is 3.66. The second-order valence-electron chi connectivity index (χ2n) is 3.72. The average molecular weight is 221 g/mol. The van der Waals surface area contributed by atoms with E-state index in [9.17, 15) is 4.79 Å². The molecular weight excluding hydrogens is 204 g/mol. The van der Waals surface area contributed by atoms with Gasteiger partial charge in [0, 0.05) is 0 Å². The zero-order valence-electron chi connectivity index (χ0n) is 9.79. The molecule has 1 rings (SSSR count). The van der Waals surface area contributed by atoms with Gasteiger partial charge >= 0.3 is 5.97 Å². The predicted octanol–water partition coefficient (Wildman–Crippen LogP) is 3.01. The SMILES string of the molecule is [CH2]CCCOOC(=O)c1cc(C)ccc1C. The van der Waals surface area contributed by atoms with Crippen molar-refractivity contribution in [1.82, 2.24) is 0 Å². The van der Waals surface area contributed by atoms with Crippen LogP contribution < -0.4 is 0 Å². The second-order valence-corrected chi connectivity index (χ2v) is 3.72. The molecule has 0 fully saturated rings. The smallest absolute Gasteiger partial charge is 0.293 e. The van der Waals surface area contributed by atoms with Gasteiger partial charge in [0.15, 0.2) is 0 Å². The molecule has 0 aliphatic heterocycles. The molecule has 0 atom stereocenters. The largest absolute Gasteiger partial charge is 0.373 e. The zero-order valence-corrected chi connectivity index (χ0v) is 9.79. The number of benzene rings is 1. The van der Waals surface area contributed by atoms with Gasteiger partial charge in [-0.3, -0.25) is 4.89 Å². The molecule has 1 radical (unpaired) electrons. The minimum absolute atomic E-state index is 0.389. The van der Waals surface area contributed by atoms with Crippen molar-refractivity contribution in [2.45, 2.75) is 26.7 Å². The summed E-state index contributed by atoms with van der Waals surface area (Å²) in [5, 5.41) is 0. The highest BCUT2D eigenvalue weighted by molar-refractivity contribution is 5.90. The second kappa shape index (κ2) is 6.28. The summed E-state index contributed by atoms with van der Waals surface area (Å²) in [5.41, 5.74) is 2.46. The number of hydrogen-bond donors (Lipinski definition) is 0. The van der Waals surface area contributed by atoms with Crippen LogP contribution in [0.5, 0.6) is 0 Å². The maximum atomic E-state index is 11.6. The van der Waals surface area contributed by atoms with E-state index in [2.05, 4.69) is 6.92 Å². The fourth-order valence-corrected chi connectivity index (χ4v) is 1.26. The maximum absolute atomic E-state index is 11.6. The quantitative estimate of drug-likeness (QED) is 0.435. The number of carbonyl (C=O) groups excluding carboxylic acids is 1. The van der Waals surface area contributed by atoms with Crippen LogP contribution in [0.3, 0.4) is 0 Å². The Balaban J connectivity index is 2.55. The standard InChI is InChI=1S/C13H17O3/c1-4-5-8-15-16-13(14)12-9-10(2)6-7-11(12)3/h6-7,9H,1,4-5,8H2,2-3H3. The van der Waals surface area contributed by atoms with Crippen LogP contribution in [-0.2, 0) is 9.78 Å². The number of rotatable bonds is 5. The summed E-state index contributed by atoms with van der Waals surface area (Å²) in [4.78, 5) is 21.1. The molecule has 16 heavy (non-hydrogen) atoms. The monoisotopic (exact) mass is 221 g/mol. The van der Waals surface area contributed by atoms with E-state index in [1.165, 1.54) is 0 Å². The summed E-state index contributed by atoms with van der Waals surface area (Å²) in [6.45, 7) is 7.85. The van der Waals surface area contributed by atoms with Gasteiger partial charge in [-0.1, -0.05) is 31.0 Å². The lowest BCUT2D eigenvalue weighted by atomic mass is 10.1. The molecule has 0 spiro atoms. The molecular formula is C13H17O3. The number of hydrogen-bond acceptors (Lipinski definition) is 3. The van der Waals surface area contributed by atoms with Crippen molar-refractivity contribution in [3.05, 3.63) is 41.8 Å². The van der Waals surface area contributed by atoms with Crippen LogP contribution in [0.2, 0.25) is 0 Å². The Morgan fingerprint density at radius 1 is 1.38 bits per heavy atom. The van der Waals surface area contributed by atoms with Gasteiger partial charge in [0.25, 0.3) is 0 Å². The average Bonchev–Trinajstić information content (AvgIpc) is 2.27. The first-order chi connectivity index (χ1) is 7.65. The van der Waals surface area contributed by atoms with Crippen molar-refractivity contribution in [1.29, 1.82) is 0 Å². The van der Waals surface area contributed by atoms with Gasteiger partial charge in [0.05, 0.1) is 12.2 Å².